The molecule has 0 atom stereocenters. The number of thiocarbonyl (C=S) groups is 1. The molecule has 1 fully saturated rings. The van der Waals surface area contributed by atoms with Crippen molar-refractivity contribution in [2.75, 3.05) is 20.3 Å². The second-order valence-electron chi connectivity index (χ2n) is 7.97. The molecule has 35 heavy (non-hydrogen) atoms. The van der Waals surface area contributed by atoms with Gasteiger partial charge in [0.2, 0.25) is 0 Å². The van der Waals surface area contributed by atoms with Crippen LogP contribution in [0.1, 0.15) is 42.9 Å². The third-order valence-electron chi connectivity index (χ3n) is 5.12. The molecule has 0 unspecified atom stereocenters. The molecule has 1 aliphatic heterocycles. The van der Waals surface area contributed by atoms with E-state index in [2.05, 4.69) is 22.0 Å². The average molecular weight is 579 g/mol. The number of methoxy groups -OCH3 is 1. The number of esters is 1. The highest BCUT2D eigenvalue weighted by Gasteiger charge is 2.31. The first-order chi connectivity index (χ1) is 16.8. The molecular weight excluding hydrogens is 550 g/mol. The van der Waals surface area contributed by atoms with Gasteiger partial charge in [-0.3, -0.25) is 14.5 Å². The van der Waals surface area contributed by atoms with Crippen LogP contribution in [-0.2, 0) is 20.9 Å². The average Bonchev–Trinajstić information content (AvgIpc) is 3.09. The number of hydrogen-bond acceptors (Lipinski definition) is 7. The Balaban J connectivity index is 1.68. The van der Waals surface area contributed by atoms with E-state index in [0.717, 1.165) is 22.0 Å². The summed E-state index contributed by atoms with van der Waals surface area (Å²) in [6.45, 7) is 5.18. The molecule has 0 saturated carbocycles. The van der Waals surface area contributed by atoms with Crippen molar-refractivity contribution in [3.63, 3.8) is 0 Å². The first-order valence-corrected chi connectivity index (χ1v) is 13.3. The Bertz CT molecular complexity index is 1130. The fourth-order valence-corrected chi connectivity index (χ4v) is 5.32. The first kappa shape index (κ1) is 27.2. The van der Waals surface area contributed by atoms with Gasteiger partial charge in [0.1, 0.15) is 10.9 Å². The van der Waals surface area contributed by atoms with Crippen LogP contribution < -0.4 is 9.47 Å². The van der Waals surface area contributed by atoms with Crippen molar-refractivity contribution in [1.82, 2.24) is 4.90 Å². The van der Waals surface area contributed by atoms with E-state index in [4.69, 9.17) is 26.4 Å². The number of carbonyl (C=O) groups is 2. The van der Waals surface area contributed by atoms with Crippen molar-refractivity contribution < 1.29 is 23.8 Å². The number of ether oxygens (including phenoxy) is 3. The van der Waals surface area contributed by atoms with Crippen LogP contribution in [0, 0.1) is 6.92 Å². The van der Waals surface area contributed by atoms with Gasteiger partial charge in [0.05, 0.1) is 23.1 Å². The Kier molecular flexibility index (Phi) is 10.2. The van der Waals surface area contributed by atoms with Gasteiger partial charge < -0.3 is 14.2 Å². The monoisotopic (exact) mass is 577 g/mol. The maximum atomic E-state index is 12.9. The van der Waals surface area contributed by atoms with Crippen LogP contribution in [-0.4, -0.2) is 41.4 Å². The minimum atomic E-state index is -0.255. The van der Waals surface area contributed by atoms with E-state index in [0.29, 0.717) is 46.9 Å². The number of amides is 1. The predicted molar refractivity (Wildman–Crippen MR) is 147 cm³/mol. The lowest BCUT2D eigenvalue weighted by molar-refractivity contribution is -0.144. The maximum Gasteiger partial charge on any atom is 0.305 e. The minimum absolute atomic E-state index is 0.170. The molecule has 0 bridgehead atoms. The summed E-state index contributed by atoms with van der Waals surface area (Å²) in [7, 11) is 1.58. The van der Waals surface area contributed by atoms with Gasteiger partial charge in [-0.15, -0.1) is 0 Å². The Morgan fingerprint density at radius 1 is 1.26 bits per heavy atom. The number of aryl methyl sites for hydroxylation is 1. The summed E-state index contributed by atoms with van der Waals surface area (Å²) >= 11 is 10.2. The molecule has 0 spiro atoms. The summed E-state index contributed by atoms with van der Waals surface area (Å²) in [6, 6.07) is 11.8. The number of hydrogen-bond donors (Lipinski definition) is 0. The van der Waals surface area contributed by atoms with Crippen molar-refractivity contribution in [2.24, 2.45) is 0 Å². The molecule has 186 valence electrons. The molecule has 0 N–H and O–H groups in total. The number of rotatable bonds is 11. The normalized spacial score (nSPS) is 14.5. The molecule has 2 aromatic rings. The first-order valence-electron chi connectivity index (χ1n) is 11.3. The lowest BCUT2D eigenvalue weighted by Gasteiger charge is -2.14. The molecule has 1 amide bonds. The third-order valence-corrected chi connectivity index (χ3v) is 7.09. The van der Waals surface area contributed by atoms with Crippen LogP contribution in [0.3, 0.4) is 0 Å². The summed E-state index contributed by atoms with van der Waals surface area (Å²) in [5.74, 6) is 0.722. The highest BCUT2D eigenvalue weighted by molar-refractivity contribution is 9.10. The van der Waals surface area contributed by atoms with Gasteiger partial charge >= 0.3 is 5.97 Å². The maximum absolute atomic E-state index is 12.9. The fourth-order valence-electron chi connectivity index (χ4n) is 3.43. The molecule has 1 saturated heterocycles. The van der Waals surface area contributed by atoms with Gasteiger partial charge in [-0.05, 0) is 65.0 Å². The van der Waals surface area contributed by atoms with Gasteiger partial charge in [0.15, 0.2) is 11.5 Å². The van der Waals surface area contributed by atoms with Gasteiger partial charge in [-0.1, -0.05) is 60.7 Å². The second-order valence-corrected chi connectivity index (χ2v) is 10.5. The van der Waals surface area contributed by atoms with E-state index in [1.807, 2.05) is 44.2 Å². The van der Waals surface area contributed by atoms with Crippen molar-refractivity contribution in [1.29, 1.82) is 0 Å². The van der Waals surface area contributed by atoms with Gasteiger partial charge in [0, 0.05) is 13.0 Å². The molecule has 6 nitrogen and oxygen atoms in total. The molecule has 0 radical (unpaired) electrons. The van der Waals surface area contributed by atoms with Gasteiger partial charge in [0.25, 0.3) is 5.91 Å². The predicted octanol–water partition coefficient (Wildman–Crippen LogP) is 6.28. The summed E-state index contributed by atoms with van der Waals surface area (Å²) < 4.78 is 17.9. The van der Waals surface area contributed by atoms with Crippen molar-refractivity contribution in [3.05, 3.63) is 62.5 Å². The zero-order valence-electron chi connectivity index (χ0n) is 20.0. The van der Waals surface area contributed by atoms with Gasteiger partial charge in [-0.2, -0.15) is 0 Å². The summed E-state index contributed by atoms with van der Waals surface area (Å²) in [5.41, 5.74) is 3.01. The van der Waals surface area contributed by atoms with Crippen molar-refractivity contribution in [3.8, 4) is 11.5 Å². The fraction of sp³-hybridized carbons (Fsp3) is 0.346. The Morgan fingerprint density at radius 3 is 2.77 bits per heavy atom. The van der Waals surface area contributed by atoms with Crippen LogP contribution in [0.25, 0.3) is 6.08 Å². The SMILES string of the molecule is CCCOC(=O)CCCN1C(=O)/C(=C\c2cc(Br)c(OCc3cccc(C)c3)c(OC)c2)SC1=S. The zero-order valence-corrected chi connectivity index (χ0v) is 23.2. The van der Waals surface area contributed by atoms with E-state index in [-0.39, 0.29) is 18.3 Å². The molecule has 3 rings (SSSR count). The summed E-state index contributed by atoms with van der Waals surface area (Å²) in [5, 5.41) is 0. The number of thioether (sulfide) groups is 1. The standard InChI is InChI=1S/C26H28BrNO5S2/c1-4-11-32-23(29)9-6-10-28-25(30)22(35-26(28)34)15-19-13-20(27)24(21(14-19)31-3)33-16-18-8-5-7-17(2)12-18/h5,7-8,12-15H,4,6,9-11,16H2,1-3H3/b22-15+. The molecule has 2 aromatic carbocycles. The Hall–Kier alpha value is -2.36. The van der Waals surface area contributed by atoms with Crippen LogP contribution >= 0.6 is 39.9 Å². The number of halogens is 1. The quantitative estimate of drug-likeness (QED) is 0.177. The van der Waals surface area contributed by atoms with E-state index in [9.17, 15) is 9.59 Å². The van der Waals surface area contributed by atoms with Crippen LogP contribution in [0.2, 0.25) is 0 Å². The highest BCUT2D eigenvalue weighted by atomic mass is 79.9. The smallest absolute Gasteiger partial charge is 0.305 e. The third kappa shape index (κ3) is 7.56. The van der Waals surface area contributed by atoms with E-state index < -0.39 is 0 Å². The molecule has 1 heterocycles. The van der Waals surface area contributed by atoms with E-state index in [1.165, 1.54) is 22.2 Å². The molecule has 1 aliphatic rings. The number of benzene rings is 2. The zero-order chi connectivity index (χ0) is 25.4. The van der Waals surface area contributed by atoms with E-state index >= 15 is 0 Å². The van der Waals surface area contributed by atoms with Crippen LogP contribution in [0.15, 0.2) is 45.8 Å². The second kappa shape index (κ2) is 13.1. The van der Waals surface area contributed by atoms with Crippen LogP contribution in [0.5, 0.6) is 11.5 Å². The lowest BCUT2D eigenvalue weighted by Crippen LogP contribution is -2.29. The van der Waals surface area contributed by atoms with Crippen molar-refractivity contribution in [2.45, 2.75) is 39.7 Å². The Morgan fingerprint density at radius 2 is 2.06 bits per heavy atom. The van der Waals surface area contributed by atoms with Gasteiger partial charge in [-0.25, -0.2) is 0 Å². The molecule has 0 aromatic heterocycles. The summed E-state index contributed by atoms with van der Waals surface area (Å²) in [4.78, 5) is 26.7. The Labute approximate surface area is 224 Å². The lowest BCUT2D eigenvalue weighted by atomic mass is 10.1. The molecule has 0 aliphatic carbocycles. The molecular formula is C26H28BrNO5S2. The van der Waals surface area contributed by atoms with Crippen LogP contribution in [0.4, 0.5) is 0 Å². The van der Waals surface area contributed by atoms with Crippen molar-refractivity contribution >= 4 is 62.2 Å². The largest absolute Gasteiger partial charge is 0.493 e. The van der Waals surface area contributed by atoms with E-state index in [1.54, 1.807) is 13.2 Å². The number of nitrogens with zero attached hydrogens (tertiary/aromatic N) is 1. The highest BCUT2D eigenvalue weighted by Crippen LogP contribution is 2.39. The number of carbonyl (C=O) groups excluding carboxylic acids is 2. The molecule has 9 heteroatoms. The topological polar surface area (TPSA) is 65.1 Å². The summed E-state index contributed by atoms with van der Waals surface area (Å²) in [6.07, 6.45) is 3.32. The minimum Gasteiger partial charge on any atom is -0.493 e.